The van der Waals surface area contributed by atoms with Crippen LogP contribution in [0.3, 0.4) is 0 Å². The van der Waals surface area contributed by atoms with Gasteiger partial charge in [0.1, 0.15) is 16.5 Å². The molecule has 0 radical (unpaired) electrons. The van der Waals surface area contributed by atoms with Gasteiger partial charge in [-0.15, -0.1) is 0 Å². The van der Waals surface area contributed by atoms with E-state index in [1.807, 2.05) is 6.92 Å². The number of sulfonamides is 1. The lowest BCUT2D eigenvalue weighted by Crippen LogP contribution is -2.57. The number of nitrogens with zero attached hydrogens (tertiary/aromatic N) is 1. The van der Waals surface area contributed by atoms with Crippen molar-refractivity contribution >= 4 is 33.6 Å². The lowest BCUT2D eigenvalue weighted by Gasteiger charge is -2.39. The molecule has 2 aliphatic rings. The van der Waals surface area contributed by atoms with Crippen LogP contribution in [0.1, 0.15) is 29.3 Å². The predicted octanol–water partition coefficient (Wildman–Crippen LogP) is 1.57. The predicted molar refractivity (Wildman–Crippen MR) is 121 cm³/mol. The molecule has 2 atom stereocenters. The summed E-state index contributed by atoms with van der Waals surface area (Å²) in [5.41, 5.74) is 7.28. The highest BCUT2D eigenvalue weighted by Gasteiger charge is 2.46. The van der Waals surface area contributed by atoms with Crippen molar-refractivity contribution in [3.63, 3.8) is 0 Å². The number of carbonyl (C=O) groups excluding carboxylic acids is 2. The maximum atomic E-state index is 13.4. The number of methoxy groups -OCH3 is 1. The number of rotatable bonds is 6. The third-order valence-corrected chi connectivity index (χ3v) is 9.12. The summed E-state index contributed by atoms with van der Waals surface area (Å²) in [5.74, 6) is 0.723. The molecule has 31 heavy (non-hydrogen) atoms. The number of nitrogens with two attached hydrogens (primary N) is 1. The van der Waals surface area contributed by atoms with Gasteiger partial charge in [-0.1, -0.05) is 12.2 Å². The Morgan fingerprint density at radius 2 is 2.10 bits per heavy atom. The number of allylic oxidation sites excluding steroid dienone is 2. The van der Waals surface area contributed by atoms with E-state index in [2.05, 4.69) is 5.32 Å². The molecule has 8 nitrogen and oxygen atoms in total. The number of nitrogens with one attached hydrogen (secondary N) is 1. The van der Waals surface area contributed by atoms with Crippen LogP contribution >= 0.6 is 11.8 Å². The van der Waals surface area contributed by atoms with Crippen LogP contribution in [0, 0.1) is 6.92 Å². The van der Waals surface area contributed by atoms with Crippen LogP contribution in [0.2, 0.25) is 0 Å². The Hall–Kier alpha value is -2.30. The SMILES string of the molecule is COc1ccc(C(=O)NC2=CCC(C)(S(=O)(=O)N3CCSCC3C(N)=O)C=C2)cc1C. The molecule has 2 amide bonds. The van der Waals surface area contributed by atoms with Crippen molar-refractivity contribution in [2.45, 2.75) is 31.1 Å². The van der Waals surface area contributed by atoms with Gasteiger partial charge in [-0.2, -0.15) is 16.1 Å². The largest absolute Gasteiger partial charge is 0.496 e. The Balaban J connectivity index is 1.74. The molecule has 1 heterocycles. The number of carbonyl (C=O) groups is 2. The van der Waals surface area contributed by atoms with E-state index in [-0.39, 0.29) is 18.9 Å². The van der Waals surface area contributed by atoms with Crippen LogP contribution in [0.4, 0.5) is 0 Å². The second-order valence-corrected chi connectivity index (χ2v) is 11.3. The summed E-state index contributed by atoms with van der Waals surface area (Å²) in [5, 5.41) is 2.80. The van der Waals surface area contributed by atoms with Gasteiger partial charge in [-0.3, -0.25) is 9.59 Å². The van der Waals surface area contributed by atoms with Gasteiger partial charge < -0.3 is 15.8 Å². The van der Waals surface area contributed by atoms with Gasteiger partial charge >= 0.3 is 0 Å². The molecule has 1 aromatic rings. The van der Waals surface area contributed by atoms with Gasteiger partial charge in [0.05, 0.1) is 7.11 Å². The van der Waals surface area contributed by atoms with E-state index < -0.39 is 26.7 Å². The molecule has 0 saturated carbocycles. The minimum absolute atomic E-state index is 0.165. The highest BCUT2D eigenvalue weighted by atomic mass is 32.2. The summed E-state index contributed by atoms with van der Waals surface area (Å²) >= 11 is 1.51. The zero-order chi connectivity index (χ0) is 22.8. The number of ether oxygens (including phenoxy) is 1. The Kier molecular flexibility index (Phi) is 6.82. The smallest absolute Gasteiger partial charge is 0.255 e. The summed E-state index contributed by atoms with van der Waals surface area (Å²) < 4.78 is 31.9. The number of amides is 2. The fourth-order valence-corrected chi connectivity index (χ4v) is 6.77. The van der Waals surface area contributed by atoms with Gasteiger partial charge in [-0.25, -0.2) is 8.42 Å². The summed E-state index contributed by atoms with van der Waals surface area (Å²) in [6.45, 7) is 3.71. The van der Waals surface area contributed by atoms with Gasteiger partial charge in [-0.05, 0) is 50.1 Å². The van der Waals surface area contributed by atoms with Crippen LogP contribution in [0.25, 0.3) is 0 Å². The van der Waals surface area contributed by atoms with Crippen molar-refractivity contribution in [1.82, 2.24) is 9.62 Å². The first-order valence-corrected chi connectivity index (χ1v) is 12.4. The molecule has 1 aliphatic heterocycles. The van der Waals surface area contributed by atoms with E-state index in [4.69, 9.17) is 10.5 Å². The Bertz CT molecular complexity index is 1050. The molecule has 0 spiro atoms. The van der Waals surface area contributed by atoms with E-state index >= 15 is 0 Å². The monoisotopic (exact) mass is 465 g/mol. The highest BCUT2D eigenvalue weighted by Crippen LogP contribution is 2.34. The second-order valence-electron chi connectivity index (χ2n) is 7.76. The standard InChI is InChI=1S/C21H27N3O5S2/c1-14-12-15(4-5-18(14)29-3)20(26)23-16-6-8-21(2,9-7-16)31(27,28)24-10-11-30-13-17(24)19(22)25/h4-8,12,17H,9-11,13H2,1-3H3,(H2,22,25)(H,23,26). The molecular formula is C21H27N3O5S2. The molecule has 1 aromatic carbocycles. The second kappa shape index (κ2) is 9.05. The molecule has 1 aliphatic carbocycles. The minimum Gasteiger partial charge on any atom is -0.496 e. The molecule has 10 heteroatoms. The van der Waals surface area contributed by atoms with Crippen molar-refractivity contribution in [1.29, 1.82) is 0 Å². The molecule has 0 bridgehead atoms. The molecule has 3 N–H and O–H groups in total. The highest BCUT2D eigenvalue weighted by molar-refractivity contribution is 7.99. The van der Waals surface area contributed by atoms with Gasteiger partial charge in [0.15, 0.2) is 0 Å². The zero-order valence-corrected chi connectivity index (χ0v) is 19.4. The van der Waals surface area contributed by atoms with E-state index in [0.717, 1.165) is 5.56 Å². The number of benzene rings is 1. The lowest BCUT2D eigenvalue weighted by molar-refractivity contribution is -0.121. The molecule has 1 saturated heterocycles. The summed E-state index contributed by atoms with van der Waals surface area (Å²) in [7, 11) is -2.27. The first-order valence-electron chi connectivity index (χ1n) is 9.83. The Morgan fingerprint density at radius 1 is 1.35 bits per heavy atom. The Morgan fingerprint density at radius 3 is 2.68 bits per heavy atom. The van der Waals surface area contributed by atoms with Crippen LogP contribution in [0.5, 0.6) is 5.75 Å². The first kappa shape index (κ1) is 23.4. The van der Waals surface area contributed by atoms with E-state index in [1.165, 1.54) is 16.1 Å². The van der Waals surface area contributed by atoms with Crippen LogP contribution in [0.15, 0.2) is 42.1 Å². The molecule has 168 valence electrons. The normalized spacial score (nSPS) is 24.4. The summed E-state index contributed by atoms with van der Waals surface area (Å²) in [6.07, 6.45) is 5.01. The average Bonchev–Trinajstić information content (AvgIpc) is 2.75. The van der Waals surface area contributed by atoms with Crippen molar-refractivity contribution in [3.05, 3.63) is 53.3 Å². The molecule has 3 rings (SSSR count). The minimum atomic E-state index is -3.84. The third-order valence-electron chi connectivity index (χ3n) is 5.56. The quantitative estimate of drug-likeness (QED) is 0.658. The van der Waals surface area contributed by atoms with Gasteiger partial charge in [0, 0.05) is 29.3 Å². The molecular weight excluding hydrogens is 438 g/mol. The van der Waals surface area contributed by atoms with Crippen LogP contribution < -0.4 is 15.8 Å². The van der Waals surface area contributed by atoms with Crippen LogP contribution in [-0.4, -0.2) is 60.5 Å². The van der Waals surface area contributed by atoms with Gasteiger partial charge in [0.2, 0.25) is 15.9 Å². The first-order chi connectivity index (χ1) is 14.6. The van der Waals surface area contributed by atoms with E-state index in [0.29, 0.717) is 28.5 Å². The Labute approximate surface area is 186 Å². The fraction of sp³-hybridized carbons (Fsp3) is 0.429. The maximum absolute atomic E-state index is 13.4. The summed E-state index contributed by atoms with van der Waals surface area (Å²) in [6, 6.07) is 4.28. The molecule has 1 fully saturated rings. The van der Waals surface area contributed by atoms with Gasteiger partial charge in [0.25, 0.3) is 5.91 Å². The lowest BCUT2D eigenvalue weighted by atomic mass is 10.0. The third kappa shape index (κ3) is 4.65. The van der Waals surface area contributed by atoms with Crippen molar-refractivity contribution < 1.29 is 22.7 Å². The van der Waals surface area contributed by atoms with Crippen molar-refractivity contribution in [3.8, 4) is 5.75 Å². The summed E-state index contributed by atoms with van der Waals surface area (Å²) in [4.78, 5) is 24.4. The molecule has 0 aromatic heterocycles. The zero-order valence-electron chi connectivity index (χ0n) is 17.8. The number of hydrogen-bond acceptors (Lipinski definition) is 6. The van der Waals surface area contributed by atoms with Crippen molar-refractivity contribution in [2.24, 2.45) is 5.73 Å². The number of thioether (sulfide) groups is 1. The molecule has 2 unspecified atom stereocenters. The average molecular weight is 466 g/mol. The number of primary amides is 1. The number of hydrogen-bond donors (Lipinski definition) is 2. The van der Waals surface area contributed by atoms with Crippen LogP contribution in [-0.2, 0) is 14.8 Å². The van der Waals surface area contributed by atoms with E-state index in [9.17, 15) is 18.0 Å². The van der Waals surface area contributed by atoms with E-state index in [1.54, 1.807) is 50.5 Å². The number of aryl methyl sites for hydroxylation is 1. The maximum Gasteiger partial charge on any atom is 0.255 e. The van der Waals surface area contributed by atoms with Crippen molar-refractivity contribution in [2.75, 3.05) is 25.2 Å². The topological polar surface area (TPSA) is 119 Å². The fourth-order valence-electron chi connectivity index (χ4n) is 3.59.